The van der Waals surface area contributed by atoms with Crippen molar-refractivity contribution < 1.29 is 9.13 Å². The molecule has 0 aliphatic rings. The van der Waals surface area contributed by atoms with E-state index in [9.17, 15) is 14.3 Å². The lowest BCUT2D eigenvalue weighted by Crippen LogP contribution is -2.04. The summed E-state index contributed by atoms with van der Waals surface area (Å²) in [4.78, 5) is 17.7. The minimum absolute atomic E-state index is 0.119. The van der Waals surface area contributed by atoms with E-state index in [1.165, 1.54) is 0 Å². The highest BCUT2D eigenvalue weighted by molar-refractivity contribution is 7.83. The fourth-order valence-corrected chi connectivity index (χ4v) is 2.64. The number of rotatable bonds is 5. The topological polar surface area (TPSA) is 124 Å². The summed E-state index contributed by atoms with van der Waals surface area (Å²) in [7, 11) is -1.03. The molecular formula is C12H12ClN5O3S. The predicted molar refractivity (Wildman–Crippen MR) is 85.6 cm³/mol. The van der Waals surface area contributed by atoms with Gasteiger partial charge in [-0.3, -0.25) is 14.3 Å². The second-order valence-corrected chi connectivity index (χ2v) is 6.21. The zero-order chi connectivity index (χ0) is 16.3. The molecule has 0 aliphatic heterocycles. The zero-order valence-corrected chi connectivity index (χ0v) is 13.0. The van der Waals surface area contributed by atoms with Crippen LogP contribution in [-0.2, 0) is 16.6 Å². The van der Waals surface area contributed by atoms with Gasteiger partial charge in [-0.15, -0.1) is 0 Å². The molecule has 1 heterocycles. The number of benzene rings is 1. The molecule has 0 bridgehead atoms. The van der Waals surface area contributed by atoms with Crippen LogP contribution in [0.1, 0.15) is 5.56 Å². The molecule has 3 N–H and O–H groups in total. The lowest BCUT2D eigenvalue weighted by atomic mass is 10.2. The van der Waals surface area contributed by atoms with Crippen molar-refractivity contribution in [2.24, 2.45) is 0 Å². The summed E-state index contributed by atoms with van der Waals surface area (Å²) in [5, 5.41) is 14.0. The van der Waals surface area contributed by atoms with Gasteiger partial charge in [0.15, 0.2) is 0 Å². The molecule has 0 radical (unpaired) electrons. The minimum Gasteiger partial charge on any atom is -0.378 e. The molecule has 8 nitrogen and oxygen atoms in total. The summed E-state index contributed by atoms with van der Waals surface area (Å²) in [6, 6.07) is 5.05. The Morgan fingerprint density at radius 1 is 1.50 bits per heavy atom. The summed E-state index contributed by atoms with van der Waals surface area (Å²) in [6.45, 7) is 0. The lowest BCUT2D eigenvalue weighted by Gasteiger charge is -2.08. The van der Waals surface area contributed by atoms with Gasteiger partial charge in [-0.05, 0) is 23.8 Å². The molecule has 0 aliphatic carbocycles. The average Bonchev–Trinajstić information content (AvgIpc) is 2.41. The van der Waals surface area contributed by atoms with E-state index in [-0.39, 0.29) is 17.5 Å². The molecule has 0 fully saturated rings. The average molecular weight is 342 g/mol. The van der Waals surface area contributed by atoms with Gasteiger partial charge in [0.1, 0.15) is 6.20 Å². The minimum atomic E-state index is -1.03. The second kappa shape index (κ2) is 6.67. The van der Waals surface area contributed by atoms with Crippen molar-refractivity contribution in [3.05, 3.63) is 45.1 Å². The quantitative estimate of drug-likeness (QED) is 0.631. The third kappa shape index (κ3) is 3.89. The van der Waals surface area contributed by atoms with Crippen molar-refractivity contribution in [1.29, 1.82) is 0 Å². The van der Waals surface area contributed by atoms with Crippen LogP contribution in [0.3, 0.4) is 0 Å². The third-order valence-corrected chi connectivity index (χ3v) is 3.74. The molecule has 1 aromatic carbocycles. The molecule has 0 saturated heterocycles. The Kier molecular flexibility index (Phi) is 4.88. The molecule has 116 valence electrons. The molecule has 0 spiro atoms. The predicted octanol–water partition coefficient (Wildman–Crippen LogP) is 2.24. The number of nitrogens with zero attached hydrogens (tertiary/aromatic N) is 3. The molecule has 10 heteroatoms. The summed E-state index contributed by atoms with van der Waals surface area (Å²) in [6.07, 6.45) is 2.61. The first-order chi connectivity index (χ1) is 10.4. The van der Waals surface area contributed by atoms with Crippen LogP contribution in [0.5, 0.6) is 0 Å². The van der Waals surface area contributed by atoms with E-state index in [0.717, 1.165) is 6.20 Å². The van der Waals surface area contributed by atoms with Crippen molar-refractivity contribution in [2.75, 3.05) is 17.3 Å². The van der Waals surface area contributed by atoms with Gasteiger partial charge < -0.3 is 11.1 Å². The Balaban J connectivity index is 2.25. The number of nitro groups is 1. The van der Waals surface area contributed by atoms with E-state index in [1.807, 2.05) is 0 Å². The first-order valence-corrected chi connectivity index (χ1v) is 8.09. The maximum Gasteiger partial charge on any atom is 0.329 e. The molecule has 0 amide bonds. The number of hydrogen-bond donors (Lipinski definition) is 2. The van der Waals surface area contributed by atoms with E-state index in [4.69, 9.17) is 17.3 Å². The smallest absolute Gasteiger partial charge is 0.329 e. The summed E-state index contributed by atoms with van der Waals surface area (Å²) >= 11 is 6.04. The van der Waals surface area contributed by atoms with E-state index < -0.39 is 15.7 Å². The van der Waals surface area contributed by atoms with Gasteiger partial charge in [0, 0.05) is 33.5 Å². The largest absolute Gasteiger partial charge is 0.378 e. The van der Waals surface area contributed by atoms with Crippen LogP contribution in [0.4, 0.5) is 23.1 Å². The Morgan fingerprint density at radius 2 is 2.23 bits per heavy atom. The molecule has 2 aromatic rings. The van der Waals surface area contributed by atoms with Gasteiger partial charge in [0.25, 0.3) is 0 Å². The molecule has 2 rings (SSSR count). The molecular weight excluding hydrogens is 330 g/mol. The van der Waals surface area contributed by atoms with Gasteiger partial charge in [0.2, 0.25) is 11.8 Å². The first-order valence-electron chi connectivity index (χ1n) is 5.99. The van der Waals surface area contributed by atoms with E-state index in [0.29, 0.717) is 22.0 Å². The number of halogens is 1. The van der Waals surface area contributed by atoms with Crippen molar-refractivity contribution in [2.45, 2.75) is 5.75 Å². The number of nitrogen functional groups attached to an aromatic ring is 1. The number of nitrogens with one attached hydrogen (secondary N) is 1. The molecule has 1 unspecified atom stereocenters. The van der Waals surface area contributed by atoms with E-state index in [2.05, 4.69) is 15.3 Å². The summed E-state index contributed by atoms with van der Waals surface area (Å²) < 4.78 is 11.3. The lowest BCUT2D eigenvalue weighted by molar-refractivity contribution is -0.384. The Labute approximate surface area is 133 Å². The van der Waals surface area contributed by atoms with E-state index in [1.54, 1.807) is 24.5 Å². The Morgan fingerprint density at radius 3 is 2.82 bits per heavy atom. The highest BCUT2D eigenvalue weighted by atomic mass is 35.5. The zero-order valence-electron chi connectivity index (χ0n) is 11.4. The monoisotopic (exact) mass is 341 g/mol. The number of nitrogens with two attached hydrogens (primary N) is 1. The maximum atomic E-state index is 11.3. The third-order valence-electron chi connectivity index (χ3n) is 2.66. The summed E-state index contributed by atoms with van der Waals surface area (Å²) in [5.74, 6) is 0.206. The van der Waals surface area contributed by atoms with Gasteiger partial charge in [0.05, 0.1) is 4.92 Å². The van der Waals surface area contributed by atoms with Crippen molar-refractivity contribution >= 4 is 45.5 Å². The van der Waals surface area contributed by atoms with Crippen LogP contribution in [0, 0.1) is 10.1 Å². The fraction of sp³-hybridized carbons (Fsp3) is 0.167. The molecule has 0 saturated carbocycles. The maximum absolute atomic E-state index is 11.3. The SMILES string of the molecule is CS(=O)Cc1cc(Nc2ncc([N+](=O)[O-])c(N)n2)ccc1Cl. The van der Waals surface area contributed by atoms with Crippen LogP contribution >= 0.6 is 11.6 Å². The molecule has 22 heavy (non-hydrogen) atoms. The highest BCUT2D eigenvalue weighted by Gasteiger charge is 2.14. The van der Waals surface area contributed by atoms with Crippen LogP contribution in [-0.4, -0.2) is 25.4 Å². The van der Waals surface area contributed by atoms with Crippen LogP contribution in [0.25, 0.3) is 0 Å². The Hall–Kier alpha value is -2.26. The van der Waals surface area contributed by atoms with Crippen molar-refractivity contribution in [3.63, 3.8) is 0 Å². The van der Waals surface area contributed by atoms with Crippen LogP contribution in [0.2, 0.25) is 5.02 Å². The number of hydrogen-bond acceptors (Lipinski definition) is 7. The highest BCUT2D eigenvalue weighted by Crippen LogP contribution is 2.25. The van der Waals surface area contributed by atoms with Crippen molar-refractivity contribution in [1.82, 2.24) is 9.97 Å². The van der Waals surface area contributed by atoms with Crippen molar-refractivity contribution in [3.8, 4) is 0 Å². The van der Waals surface area contributed by atoms with Gasteiger partial charge >= 0.3 is 5.69 Å². The van der Waals surface area contributed by atoms with Crippen LogP contribution in [0.15, 0.2) is 24.4 Å². The van der Waals surface area contributed by atoms with Crippen LogP contribution < -0.4 is 11.1 Å². The fourth-order valence-electron chi connectivity index (χ4n) is 1.70. The van der Waals surface area contributed by atoms with Gasteiger partial charge in [-0.1, -0.05) is 11.6 Å². The number of anilines is 3. The molecule has 1 aromatic heterocycles. The van der Waals surface area contributed by atoms with Gasteiger partial charge in [-0.2, -0.15) is 4.98 Å². The normalized spacial score (nSPS) is 11.9. The second-order valence-electron chi connectivity index (χ2n) is 4.37. The van der Waals surface area contributed by atoms with E-state index >= 15 is 0 Å². The summed E-state index contributed by atoms with van der Waals surface area (Å²) in [5.41, 5.74) is 6.46. The standard InChI is InChI=1S/C12H12ClN5O3S/c1-22(21)6-7-4-8(2-3-9(7)13)16-12-15-5-10(18(19)20)11(14)17-12/h2-5H,6H2,1H3,(H3,14,15,16,17). The van der Waals surface area contributed by atoms with Gasteiger partial charge in [-0.25, -0.2) is 4.98 Å². The molecule has 1 atom stereocenters. The number of aromatic nitrogens is 2. The first kappa shape index (κ1) is 16.1. The Bertz CT molecular complexity index is 756.